The third-order valence-electron chi connectivity index (χ3n) is 22.7. The van der Waals surface area contributed by atoms with Crippen LogP contribution in [0.4, 0.5) is 0 Å². The van der Waals surface area contributed by atoms with Crippen LogP contribution in [0.5, 0.6) is 0 Å². The summed E-state index contributed by atoms with van der Waals surface area (Å²) in [7, 11) is 0. The fraction of sp³-hybridized carbons (Fsp3) is 0.830. The zero-order valence-corrected chi connectivity index (χ0v) is 83.6. The number of hydrogen-bond acceptors (Lipinski definition) is 34. The smallest absolute Gasteiger partial charge is 0.221 e. The summed E-state index contributed by atoms with van der Waals surface area (Å²) >= 11 is 0. The standard InChI is InChI=1S/C69H135N19O12.C25H51N7O4/c1-2-3-9-58(89)15-42-85(43-16-59(90)10-4-27-70)54-38-81-68(99)25-52-87(46-19-62(93)13-7-40-83(48-21-64(95)77-34-30-73)49-22-65(96)78-35-31-74)56-57-88(47-20-63(94)14-8-41-84(50-23-66(97)79-36-32-75)51-24-67(98)80-37-33-76)53-26-69(100)82-39-55-86(44-17-60(91)11-5-28-71)45-18-61(92)12-6-29-72;1-2-14-29-24(35)9-18-32(19-10-25(36)30-15-13-28)21-20-31(16-7-22(33)5-3-11-26)17-8-23(34)6-4-12-27/h2-57,70-76H2,1H3,(H,77,95)(H,78,96)(H,79,97)(H,80,98)(H,81,99)(H,82,100);2-21,26-28H2,1H3,(H,29,35)(H,30,36). The van der Waals surface area contributed by atoms with Gasteiger partial charge in [0.2, 0.25) is 47.3 Å². The van der Waals surface area contributed by atoms with Crippen LogP contribution in [0.3, 0.4) is 0 Å². The number of amides is 8. The van der Waals surface area contributed by atoms with Crippen molar-refractivity contribution in [2.45, 2.75) is 232 Å². The quantitative estimate of drug-likeness (QED) is 0.0285. The largest absolute Gasteiger partial charge is 0.356 e. The lowest BCUT2D eigenvalue weighted by atomic mass is 10.1. The molecule has 788 valence electrons. The number of carbonyl (C=O) groups is 16. The Morgan fingerprint density at radius 2 is 0.301 bits per heavy atom. The summed E-state index contributed by atoms with van der Waals surface area (Å²) < 4.78 is 0. The third kappa shape index (κ3) is 83.4. The summed E-state index contributed by atoms with van der Waals surface area (Å²) in [5, 5.41) is 22.7. The van der Waals surface area contributed by atoms with Gasteiger partial charge in [-0.15, -0.1) is 0 Å². The molecule has 0 aliphatic carbocycles. The third-order valence-corrected chi connectivity index (χ3v) is 22.7. The average molecular weight is 1940 g/mol. The molecule has 0 unspecified atom stereocenters. The highest BCUT2D eigenvalue weighted by Crippen LogP contribution is 2.12. The maximum Gasteiger partial charge on any atom is 0.221 e. The van der Waals surface area contributed by atoms with Gasteiger partial charge in [0.05, 0.1) is 0 Å². The highest BCUT2D eigenvalue weighted by atomic mass is 16.2. The van der Waals surface area contributed by atoms with Crippen LogP contribution in [0.2, 0.25) is 0 Å². The normalized spacial score (nSPS) is 11.4. The molecule has 8 amide bonds. The number of nitrogens with zero attached hydrogens (tertiary/aromatic N) is 8. The van der Waals surface area contributed by atoms with Crippen molar-refractivity contribution in [3.8, 4) is 0 Å². The Labute approximate surface area is 812 Å². The number of Topliss-reactive ketones (excluding diaryl/α,β-unsaturated/α-hetero) is 8. The van der Waals surface area contributed by atoms with Gasteiger partial charge in [-0.25, -0.2) is 0 Å². The molecular weight excluding hydrogens is 1750 g/mol. The van der Waals surface area contributed by atoms with Crippen molar-refractivity contribution >= 4 is 93.5 Å². The lowest BCUT2D eigenvalue weighted by Crippen LogP contribution is -2.41. The summed E-state index contributed by atoms with van der Waals surface area (Å²) in [5.74, 6) is -0.605. The van der Waals surface area contributed by atoms with E-state index in [2.05, 4.69) is 52.3 Å². The molecule has 0 bridgehead atoms. The van der Waals surface area contributed by atoms with Crippen molar-refractivity contribution in [3.05, 3.63) is 0 Å². The second kappa shape index (κ2) is 92.4. The topological polar surface area (TPSA) is 655 Å². The first-order chi connectivity index (χ1) is 65.6. The van der Waals surface area contributed by atoms with Gasteiger partial charge in [0.15, 0.2) is 0 Å². The zero-order chi connectivity index (χ0) is 101. The average Bonchev–Trinajstić information content (AvgIpc) is 0.928. The van der Waals surface area contributed by atoms with E-state index in [4.69, 9.17) is 57.3 Å². The van der Waals surface area contributed by atoms with E-state index in [-0.39, 0.29) is 210 Å². The van der Waals surface area contributed by atoms with E-state index in [1.165, 1.54) is 0 Å². The summed E-state index contributed by atoms with van der Waals surface area (Å²) in [6.07, 6.45) is 13.5. The Kier molecular flexibility index (Phi) is 88.6. The molecular formula is C94H186N26O16. The van der Waals surface area contributed by atoms with Crippen LogP contribution in [0, 0.1) is 0 Å². The van der Waals surface area contributed by atoms with Gasteiger partial charge >= 0.3 is 0 Å². The second-order valence-corrected chi connectivity index (χ2v) is 34.6. The number of ketones is 8. The van der Waals surface area contributed by atoms with Gasteiger partial charge in [-0.3, -0.25) is 76.7 Å². The van der Waals surface area contributed by atoms with Crippen LogP contribution in [-0.2, 0) is 76.7 Å². The van der Waals surface area contributed by atoms with Gasteiger partial charge < -0.3 is 139 Å². The summed E-state index contributed by atoms with van der Waals surface area (Å²) in [6.45, 7) is 20.9. The molecule has 136 heavy (non-hydrogen) atoms. The zero-order valence-electron chi connectivity index (χ0n) is 83.6. The molecule has 28 N–H and O–H groups in total. The molecule has 0 fully saturated rings. The first-order valence-electron chi connectivity index (χ1n) is 50.7. The summed E-state index contributed by atoms with van der Waals surface area (Å²) in [6, 6.07) is 0. The Hall–Kier alpha value is -7.60. The molecule has 42 nitrogen and oxygen atoms in total. The van der Waals surface area contributed by atoms with E-state index < -0.39 is 0 Å². The first kappa shape index (κ1) is 130. The van der Waals surface area contributed by atoms with Crippen molar-refractivity contribution in [1.29, 1.82) is 0 Å². The minimum Gasteiger partial charge on any atom is -0.356 e. The molecule has 0 atom stereocenters. The van der Waals surface area contributed by atoms with Crippen molar-refractivity contribution in [2.24, 2.45) is 57.3 Å². The highest BCUT2D eigenvalue weighted by Gasteiger charge is 2.23. The molecule has 0 aromatic rings. The number of carbonyl (C=O) groups excluding carboxylic acids is 16. The van der Waals surface area contributed by atoms with Crippen LogP contribution < -0.4 is 99.9 Å². The number of nitrogens with one attached hydrogen (secondary N) is 8. The van der Waals surface area contributed by atoms with E-state index in [9.17, 15) is 76.7 Å². The van der Waals surface area contributed by atoms with Gasteiger partial charge in [-0.05, 0) is 104 Å². The Bertz CT molecular complexity index is 2730. The van der Waals surface area contributed by atoms with Gasteiger partial charge in [0, 0.05) is 383 Å². The Balaban J connectivity index is 0. The second-order valence-electron chi connectivity index (χ2n) is 34.6. The van der Waals surface area contributed by atoms with E-state index in [0.29, 0.717) is 358 Å². The number of nitrogens with two attached hydrogens (primary N) is 10. The van der Waals surface area contributed by atoms with Crippen LogP contribution >= 0.6 is 0 Å². The Morgan fingerprint density at radius 1 is 0.147 bits per heavy atom. The van der Waals surface area contributed by atoms with Gasteiger partial charge in [-0.1, -0.05) is 20.3 Å². The maximum atomic E-state index is 13.8. The molecule has 0 aromatic heterocycles. The van der Waals surface area contributed by atoms with Crippen molar-refractivity contribution in [1.82, 2.24) is 81.7 Å². The van der Waals surface area contributed by atoms with Crippen molar-refractivity contribution in [3.63, 3.8) is 0 Å². The molecule has 0 aromatic carbocycles. The van der Waals surface area contributed by atoms with Gasteiger partial charge in [-0.2, -0.15) is 0 Å². The Morgan fingerprint density at radius 3 is 0.478 bits per heavy atom. The predicted molar refractivity (Wildman–Crippen MR) is 535 cm³/mol. The fourth-order valence-corrected chi connectivity index (χ4v) is 14.2. The molecule has 0 rings (SSSR count). The molecule has 0 spiro atoms. The van der Waals surface area contributed by atoms with Gasteiger partial charge in [0.1, 0.15) is 46.3 Å². The molecule has 0 aliphatic heterocycles. The molecule has 0 aliphatic rings. The van der Waals surface area contributed by atoms with E-state index in [0.717, 1.165) is 19.3 Å². The first-order valence-corrected chi connectivity index (χ1v) is 50.7. The predicted octanol–water partition coefficient (Wildman–Crippen LogP) is -3.24. The van der Waals surface area contributed by atoms with Crippen LogP contribution in [0.15, 0.2) is 0 Å². The lowest BCUT2D eigenvalue weighted by Gasteiger charge is -2.28. The van der Waals surface area contributed by atoms with Crippen molar-refractivity contribution in [2.75, 3.05) is 275 Å². The van der Waals surface area contributed by atoms with E-state index in [1.54, 1.807) is 0 Å². The molecule has 0 saturated heterocycles. The minimum absolute atomic E-state index is 0.0118. The molecule has 0 saturated carbocycles. The number of rotatable bonds is 98. The minimum atomic E-state index is -0.245. The lowest BCUT2D eigenvalue weighted by molar-refractivity contribution is -0.123. The highest BCUT2D eigenvalue weighted by molar-refractivity contribution is 5.83. The SMILES string of the molecule is CCCCC(=O)CCN(CCNC(=O)CCN(CCC(=O)CCCN(CCC(=O)NCCN)CCC(=O)NCCN)CCN(CCC(=O)CCCN(CCC(=O)NCCN)CCC(=O)NCCN)CCC(=O)NCCN(CCC(=O)CCCN)CCC(=O)CCCN)CCC(=O)CCCN.CCCNC(=O)CCN(CCC(=O)NCCN)CCN(CCC(=O)CCCN)CCC(=O)CCCN. The van der Waals surface area contributed by atoms with Gasteiger partial charge in [0.25, 0.3) is 0 Å². The van der Waals surface area contributed by atoms with Crippen molar-refractivity contribution < 1.29 is 76.7 Å². The monoisotopic (exact) mass is 1940 g/mol. The summed E-state index contributed by atoms with van der Waals surface area (Å²) in [4.78, 5) is 220. The van der Waals surface area contributed by atoms with E-state index >= 15 is 0 Å². The fourth-order valence-electron chi connectivity index (χ4n) is 14.2. The molecule has 42 heteroatoms. The number of hydrogen-bond donors (Lipinski definition) is 18. The van der Waals surface area contributed by atoms with Crippen LogP contribution in [-0.4, -0.2) is 408 Å². The molecule has 0 radical (unpaired) electrons. The number of unbranched alkanes of at least 4 members (excludes halogenated alkanes) is 1. The maximum absolute atomic E-state index is 13.8. The molecule has 0 heterocycles. The van der Waals surface area contributed by atoms with Crippen LogP contribution in [0.1, 0.15) is 232 Å². The summed E-state index contributed by atoms with van der Waals surface area (Å²) in [5.41, 5.74) is 55.7. The van der Waals surface area contributed by atoms with E-state index in [1.807, 2.05) is 43.2 Å². The van der Waals surface area contributed by atoms with Crippen LogP contribution in [0.25, 0.3) is 0 Å².